The van der Waals surface area contributed by atoms with E-state index in [4.69, 9.17) is 5.11 Å². The predicted octanol–water partition coefficient (Wildman–Crippen LogP) is 1.45. The molecule has 0 fully saturated rings. The molecule has 4 heteroatoms. The van der Waals surface area contributed by atoms with Crippen molar-refractivity contribution in [1.82, 2.24) is 9.97 Å². The summed E-state index contributed by atoms with van der Waals surface area (Å²) in [6, 6.07) is 6.43. The lowest BCUT2D eigenvalue weighted by atomic mass is 10.1. The Morgan fingerprint density at radius 3 is 2.53 bits per heavy atom. The Morgan fingerprint density at radius 1 is 1.27 bits per heavy atom. The second kappa shape index (κ2) is 3.57. The zero-order chi connectivity index (χ0) is 10.8. The number of phenols is 1. The van der Waals surface area contributed by atoms with Crippen molar-refractivity contribution in [3.8, 4) is 16.9 Å². The number of nitrogens with one attached hydrogen (secondary N) is 1. The molecule has 0 aliphatic rings. The number of nitrogens with zero attached hydrogens (tertiary/aromatic N) is 1. The van der Waals surface area contributed by atoms with Crippen molar-refractivity contribution in [1.29, 1.82) is 0 Å². The summed E-state index contributed by atoms with van der Waals surface area (Å²) in [7, 11) is 0. The highest BCUT2D eigenvalue weighted by Crippen LogP contribution is 2.17. The highest BCUT2D eigenvalue weighted by Gasteiger charge is 2.03. The Bertz CT molecular complexity index is 529. The van der Waals surface area contributed by atoms with Gasteiger partial charge in [0.15, 0.2) is 0 Å². The molecule has 0 spiro atoms. The van der Waals surface area contributed by atoms with Crippen LogP contribution in [-0.4, -0.2) is 15.1 Å². The van der Waals surface area contributed by atoms with E-state index in [0.29, 0.717) is 11.4 Å². The Balaban J connectivity index is 2.55. The molecule has 2 aromatic rings. The molecule has 0 unspecified atom stereocenters. The fourth-order valence-corrected chi connectivity index (χ4v) is 1.33. The van der Waals surface area contributed by atoms with Gasteiger partial charge in [0.2, 0.25) is 0 Å². The number of aromatic hydroxyl groups is 1. The van der Waals surface area contributed by atoms with Gasteiger partial charge in [-0.25, -0.2) is 4.98 Å². The first-order valence-electron chi connectivity index (χ1n) is 4.52. The molecule has 0 atom stereocenters. The summed E-state index contributed by atoms with van der Waals surface area (Å²) in [4.78, 5) is 18.2. The van der Waals surface area contributed by atoms with Crippen molar-refractivity contribution < 1.29 is 5.11 Å². The number of phenolic OH excluding ortho intramolecular Hbond substituents is 1. The summed E-state index contributed by atoms with van der Waals surface area (Å²) in [5, 5.41) is 9.12. The number of hydrogen-bond acceptors (Lipinski definition) is 3. The van der Waals surface area contributed by atoms with E-state index in [0.717, 1.165) is 5.56 Å². The van der Waals surface area contributed by atoms with Crippen molar-refractivity contribution in [3.63, 3.8) is 0 Å². The summed E-state index contributed by atoms with van der Waals surface area (Å²) in [6.07, 6.45) is 1.53. The third kappa shape index (κ3) is 1.88. The maximum Gasteiger partial charge on any atom is 0.258 e. The van der Waals surface area contributed by atoms with E-state index in [1.165, 1.54) is 18.3 Å². The van der Waals surface area contributed by atoms with Crippen LogP contribution in [-0.2, 0) is 0 Å². The van der Waals surface area contributed by atoms with Gasteiger partial charge in [0.05, 0.1) is 5.56 Å². The Kier molecular flexibility index (Phi) is 2.25. The Labute approximate surface area is 86.2 Å². The minimum Gasteiger partial charge on any atom is -0.508 e. The third-order valence-electron chi connectivity index (χ3n) is 2.10. The summed E-state index contributed by atoms with van der Waals surface area (Å²) >= 11 is 0. The van der Waals surface area contributed by atoms with E-state index < -0.39 is 0 Å². The average molecular weight is 202 g/mol. The molecular weight excluding hydrogens is 192 g/mol. The number of hydrogen-bond donors (Lipinski definition) is 2. The van der Waals surface area contributed by atoms with Crippen LogP contribution in [0.3, 0.4) is 0 Å². The van der Waals surface area contributed by atoms with Crippen LogP contribution in [0.25, 0.3) is 11.1 Å². The molecule has 0 aliphatic heterocycles. The maximum absolute atomic E-state index is 11.6. The van der Waals surface area contributed by atoms with E-state index in [9.17, 15) is 4.79 Å². The zero-order valence-electron chi connectivity index (χ0n) is 8.19. The molecule has 1 aromatic heterocycles. The van der Waals surface area contributed by atoms with Crippen LogP contribution in [0, 0.1) is 6.92 Å². The summed E-state index contributed by atoms with van der Waals surface area (Å²) in [5.74, 6) is 0.762. The van der Waals surface area contributed by atoms with Crippen LogP contribution >= 0.6 is 0 Å². The number of rotatable bonds is 1. The fraction of sp³-hybridized carbons (Fsp3) is 0.0909. The number of aryl methyl sites for hydroxylation is 1. The van der Waals surface area contributed by atoms with Crippen molar-refractivity contribution in [3.05, 3.63) is 46.6 Å². The second-order valence-corrected chi connectivity index (χ2v) is 3.26. The van der Waals surface area contributed by atoms with Crippen molar-refractivity contribution in [2.75, 3.05) is 0 Å². The molecule has 1 aromatic carbocycles. The number of aromatic amines is 1. The molecule has 0 aliphatic carbocycles. The van der Waals surface area contributed by atoms with Gasteiger partial charge < -0.3 is 10.1 Å². The van der Waals surface area contributed by atoms with Gasteiger partial charge >= 0.3 is 0 Å². The maximum atomic E-state index is 11.6. The molecule has 0 saturated heterocycles. The Morgan fingerprint density at radius 2 is 1.93 bits per heavy atom. The molecule has 2 N–H and O–H groups in total. The predicted molar refractivity (Wildman–Crippen MR) is 56.7 cm³/mol. The normalized spacial score (nSPS) is 10.2. The number of benzene rings is 1. The highest BCUT2D eigenvalue weighted by molar-refractivity contribution is 5.62. The summed E-state index contributed by atoms with van der Waals surface area (Å²) in [5.41, 5.74) is 1.07. The first-order valence-corrected chi connectivity index (χ1v) is 4.52. The minimum absolute atomic E-state index is 0.173. The number of H-pyrrole nitrogens is 1. The first kappa shape index (κ1) is 9.45. The smallest absolute Gasteiger partial charge is 0.258 e. The topological polar surface area (TPSA) is 66.0 Å². The van der Waals surface area contributed by atoms with E-state index in [1.807, 2.05) is 0 Å². The van der Waals surface area contributed by atoms with Gasteiger partial charge in [0.25, 0.3) is 5.56 Å². The van der Waals surface area contributed by atoms with Crippen LogP contribution in [0.1, 0.15) is 5.82 Å². The van der Waals surface area contributed by atoms with E-state index in [2.05, 4.69) is 9.97 Å². The quantitative estimate of drug-likeness (QED) is 0.735. The lowest BCUT2D eigenvalue weighted by Crippen LogP contribution is -2.11. The van der Waals surface area contributed by atoms with Gasteiger partial charge in [-0.05, 0) is 24.6 Å². The van der Waals surface area contributed by atoms with Crippen LogP contribution in [0.15, 0.2) is 35.3 Å². The highest BCUT2D eigenvalue weighted by atomic mass is 16.3. The van der Waals surface area contributed by atoms with Crippen molar-refractivity contribution in [2.24, 2.45) is 0 Å². The van der Waals surface area contributed by atoms with E-state index in [-0.39, 0.29) is 11.3 Å². The standard InChI is InChI=1S/C11H10N2O2/c1-7-12-6-10(11(15)13-7)8-2-4-9(14)5-3-8/h2-6,14H,1H3,(H,12,13,15). The van der Waals surface area contributed by atoms with E-state index in [1.54, 1.807) is 19.1 Å². The Hall–Kier alpha value is -2.10. The molecular formula is C11H10N2O2. The van der Waals surface area contributed by atoms with Gasteiger partial charge in [0.1, 0.15) is 11.6 Å². The van der Waals surface area contributed by atoms with Crippen molar-refractivity contribution in [2.45, 2.75) is 6.92 Å². The first-order chi connectivity index (χ1) is 7.16. The van der Waals surface area contributed by atoms with Crippen LogP contribution in [0.4, 0.5) is 0 Å². The van der Waals surface area contributed by atoms with Gasteiger partial charge in [-0.2, -0.15) is 0 Å². The van der Waals surface area contributed by atoms with Gasteiger partial charge in [-0.3, -0.25) is 4.79 Å². The SMILES string of the molecule is Cc1ncc(-c2ccc(O)cc2)c(=O)[nH]1. The molecule has 15 heavy (non-hydrogen) atoms. The van der Waals surface area contributed by atoms with Crippen LogP contribution in [0.2, 0.25) is 0 Å². The van der Waals surface area contributed by atoms with Gasteiger partial charge in [0, 0.05) is 6.20 Å². The largest absolute Gasteiger partial charge is 0.508 e. The summed E-state index contributed by atoms with van der Waals surface area (Å²) in [6.45, 7) is 1.72. The van der Waals surface area contributed by atoms with E-state index >= 15 is 0 Å². The minimum atomic E-state index is -0.173. The molecule has 1 heterocycles. The van der Waals surface area contributed by atoms with Gasteiger partial charge in [-0.1, -0.05) is 12.1 Å². The zero-order valence-corrected chi connectivity index (χ0v) is 8.19. The molecule has 0 radical (unpaired) electrons. The fourth-order valence-electron chi connectivity index (χ4n) is 1.33. The van der Waals surface area contributed by atoms with Crippen molar-refractivity contribution >= 4 is 0 Å². The third-order valence-corrected chi connectivity index (χ3v) is 2.10. The molecule has 0 bridgehead atoms. The molecule has 76 valence electrons. The summed E-state index contributed by atoms with van der Waals surface area (Å²) < 4.78 is 0. The second-order valence-electron chi connectivity index (χ2n) is 3.26. The molecule has 0 amide bonds. The van der Waals surface area contributed by atoms with Crippen LogP contribution in [0.5, 0.6) is 5.75 Å². The van der Waals surface area contributed by atoms with Gasteiger partial charge in [-0.15, -0.1) is 0 Å². The molecule has 2 rings (SSSR count). The monoisotopic (exact) mass is 202 g/mol. The number of aromatic nitrogens is 2. The lowest BCUT2D eigenvalue weighted by molar-refractivity contribution is 0.475. The average Bonchev–Trinajstić information content (AvgIpc) is 2.20. The van der Waals surface area contributed by atoms with Crippen LogP contribution < -0.4 is 5.56 Å². The molecule has 0 saturated carbocycles. The lowest BCUT2D eigenvalue weighted by Gasteiger charge is -2.00. The molecule has 4 nitrogen and oxygen atoms in total.